The van der Waals surface area contributed by atoms with Gasteiger partial charge in [0.1, 0.15) is 5.75 Å². The zero-order chi connectivity index (χ0) is 19.2. The number of aromatic amines is 1. The fraction of sp³-hybridized carbons (Fsp3) is 0.211. The van der Waals surface area contributed by atoms with Gasteiger partial charge in [0, 0.05) is 10.6 Å². The summed E-state index contributed by atoms with van der Waals surface area (Å²) in [6.45, 7) is 1.93. The second-order valence-corrected chi connectivity index (χ2v) is 7.20. The Labute approximate surface area is 166 Å². The minimum absolute atomic E-state index is 0.0850. The Morgan fingerprint density at radius 2 is 1.93 bits per heavy atom. The molecule has 2 aromatic carbocycles. The van der Waals surface area contributed by atoms with Crippen molar-refractivity contribution in [2.75, 3.05) is 12.9 Å². The van der Waals surface area contributed by atoms with Crippen LogP contribution in [-0.2, 0) is 4.79 Å². The fourth-order valence-electron chi connectivity index (χ4n) is 2.44. The Bertz CT molecular complexity index is 897. The van der Waals surface area contributed by atoms with Crippen molar-refractivity contribution < 1.29 is 9.53 Å². The van der Waals surface area contributed by atoms with Crippen LogP contribution in [0, 0.1) is 0 Å². The number of benzene rings is 2. The smallest absolute Gasteiger partial charge is 0.230 e. The molecule has 0 aliphatic carbocycles. The molecule has 0 aliphatic heterocycles. The van der Waals surface area contributed by atoms with E-state index in [0.717, 1.165) is 16.9 Å². The Morgan fingerprint density at radius 3 is 2.59 bits per heavy atom. The molecule has 0 spiro atoms. The van der Waals surface area contributed by atoms with Crippen molar-refractivity contribution in [1.82, 2.24) is 20.5 Å². The maximum absolute atomic E-state index is 12.2. The van der Waals surface area contributed by atoms with Gasteiger partial charge in [0.05, 0.1) is 18.9 Å². The van der Waals surface area contributed by atoms with Crippen molar-refractivity contribution in [3.8, 4) is 17.1 Å². The summed E-state index contributed by atoms with van der Waals surface area (Å²) in [6, 6.07) is 14.8. The summed E-state index contributed by atoms with van der Waals surface area (Å²) in [6.07, 6.45) is 0. The molecule has 2 N–H and O–H groups in total. The van der Waals surface area contributed by atoms with Gasteiger partial charge in [-0.15, -0.1) is 5.10 Å². The fourth-order valence-corrected chi connectivity index (χ4v) is 3.17. The van der Waals surface area contributed by atoms with Crippen LogP contribution in [0.2, 0.25) is 5.02 Å². The van der Waals surface area contributed by atoms with E-state index in [9.17, 15) is 4.79 Å². The molecule has 27 heavy (non-hydrogen) atoms. The molecule has 3 aromatic rings. The number of carbonyl (C=O) groups is 1. The number of hydrogen-bond donors (Lipinski definition) is 2. The van der Waals surface area contributed by atoms with Crippen molar-refractivity contribution in [2.45, 2.75) is 18.1 Å². The van der Waals surface area contributed by atoms with Crippen LogP contribution in [0.5, 0.6) is 5.75 Å². The van der Waals surface area contributed by atoms with E-state index in [-0.39, 0.29) is 17.7 Å². The van der Waals surface area contributed by atoms with Gasteiger partial charge in [-0.1, -0.05) is 35.5 Å². The molecule has 1 atom stereocenters. The van der Waals surface area contributed by atoms with E-state index >= 15 is 0 Å². The molecule has 140 valence electrons. The molecule has 1 heterocycles. The quantitative estimate of drug-likeness (QED) is 0.581. The lowest BCUT2D eigenvalue weighted by Gasteiger charge is -2.13. The molecule has 0 aliphatic rings. The number of nitrogens with one attached hydrogen (secondary N) is 2. The summed E-state index contributed by atoms with van der Waals surface area (Å²) in [5.74, 6) is 1.57. The summed E-state index contributed by atoms with van der Waals surface area (Å²) >= 11 is 7.17. The van der Waals surface area contributed by atoms with Crippen molar-refractivity contribution in [3.05, 3.63) is 59.1 Å². The average Bonchev–Trinajstić information content (AvgIpc) is 3.16. The minimum atomic E-state index is -0.0997. The van der Waals surface area contributed by atoms with E-state index in [1.165, 1.54) is 11.8 Å². The molecule has 8 heteroatoms. The van der Waals surface area contributed by atoms with Gasteiger partial charge in [0.15, 0.2) is 5.82 Å². The van der Waals surface area contributed by atoms with Crippen LogP contribution in [0.15, 0.2) is 53.7 Å². The van der Waals surface area contributed by atoms with Gasteiger partial charge in [-0.2, -0.15) is 0 Å². The second kappa shape index (κ2) is 8.92. The lowest BCUT2D eigenvalue weighted by molar-refractivity contribution is -0.119. The predicted molar refractivity (Wildman–Crippen MR) is 107 cm³/mol. The minimum Gasteiger partial charge on any atom is -0.497 e. The predicted octanol–water partition coefficient (Wildman–Crippen LogP) is 4.10. The molecular weight excluding hydrogens is 384 g/mol. The van der Waals surface area contributed by atoms with Crippen molar-refractivity contribution >= 4 is 29.3 Å². The van der Waals surface area contributed by atoms with E-state index in [4.69, 9.17) is 16.3 Å². The van der Waals surface area contributed by atoms with E-state index in [0.29, 0.717) is 16.0 Å². The third-order valence-electron chi connectivity index (χ3n) is 3.91. The van der Waals surface area contributed by atoms with Gasteiger partial charge in [-0.3, -0.25) is 9.89 Å². The summed E-state index contributed by atoms with van der Waals surface area (Å²) in [5.41, 5.74) is 1.90. The third kappa shape index (κ3) is 5.24. The molecule has 0 fully saturated rings. The first-order valence-corrected chi connectivity index (χ1v) is 9.66. The summed E-state index contributed by atoms with van der Waals surface area (Å²) in [7, 11) is 1.62. The summed E-state index contributed by atoms with van der Waals surface area (Å²) < 4.78 is 5.14. The van der Waals surface area contributed by atoms with Gasteiger partial charge < -0.3 is 10.1 Å². The molecule has 1 amide bonds. The average molecular weight is 403 g/mol. The topological polar surface area (TPSA) is 79.9 Å². The zero-order valence-corrected chi connectivity index (χ0v) is 16.5. The van der Waals surface area contributed by atoms with Gasteiger partial charge in [-0.25, -0.2) is 4.98 Å². The van der Waals surface area contributed by atoms with Gasteiger partial charge >= 0.3 is 0 Å². The van der Waals surface area contributed by atoms with Crippen LogP contribution in [-0.4, -0.2) is 34.0 Å². The molecule has 0 bridgehead atoms. The standard InChI is InChI=1S/C19H19ClN4O2S/c1-12(13-3-7-15(20)8-4-13)21-17(25)11-27-19-22-18(23-24-19)14-5-9-16(26-2)10-6-14/h3-10,12H,11H2,1-2H3,(H,21,25)(H,22,23,24). The molecule has 1 unspecified atom stereocenters. The van der Waals surface area contributed by atoms with Crippen LogP contribution in [0.1, 0.15) is 18.5 Å². The molecule has 3 rings (SSSR count). The zero-order valence-electron chi connectivity index (χ0n) is 14.9. The maximum atomic E-state index is 12.2. The number of carbonyl (C=O) groups excluding carboxylic acids is 1. The van der Waals surface area contributed by atoms with Gasteiger partial charge in [-0.05, 0) is 48.9 Å². The first kappa shape index (κ1) is 19.3. The van der Waals surface area contributed by atoms with Crippen LogP contribution >= 0.6 is 23.4 Å². The Balaban J connectivity index is 1.53. The highest BCUT2D eigenvalue weighted by Gasteiger charge is 2.12. The Kier molecular flexibility index (Phi) is 6.36. The van der Waals surface area contributed by atoms with Crippen LogP contribution in [0.4, 0.5) is 0 Å². The van der Waals surface area contributed by atoms with Gasteiger partial charge in [0.25, 0.3) is 0 Å². The van der Waals surface area contributed by atoms with E-state index < -0.39 is 0 Å². The highest BCUT2D eigenvalue weighted by Crippen LogP contribution is 2.22. The molecule has 0 radical (unpaired) electrons. The first-order chi connectivity index (χ1) is 13.0. The number of amides is 1. The van der Waals surface area contributed by atoms with Gasteiger partial charge in [0.2, 0.25) is 11.1 Å². The van der Waals surface area contributed by atoms with E-state index in [2.05, 4.69) is 20.5 Å². The van der Waals surface area contributed by atoms with Crippen LogP contribution in [0.3, 0.4) is 0 Å². The van der Waals surface area contributed by atoms with Crippen molar-refractivity contribution in [3.63, 3.8) is 0 Å². The Hall–Kier alpha value is -2.51. The molecule has 1 aromatic heterocycles. The summed E-state index contributed by atoms with van der Waals surface area (Å²) in [5, 5.41) is 11.2. The molecule has 0 saturated heterocycles. The van der Waals surface area contributed by atoms with E-state index in [1.54, 1.807) is 7.11 Å². The number of halogens is 1. The Morgan fingerprint density at radius 1 is 1.22 bits per heavy atom. The number of H-pyrrole nitrogens is 1. The lowest BCUT2D eigenvalue weighted by Crippen LogP contribution is -2.28. The van der Waals surface area contributed by atoms with Crippen molar-refractivity contribution in [1.29, 1.82) is 0 Å². The summed E-state index contributed by atoms with van der Waals surface area (Å²) in [4.78, 5) is 16.6. The van der Waals surface area contributed by atoms with Crippen molar-refractivity contribution in [2.24, 2.45) is 0 Å². The number of aromatic nitrogens is 3. The highest BCUT2D eigenvalue weighted by atomic mass is 35.5. The number of nitrogens with zero attached hydrogens (tertiary/aromatic N) is 2. The third-order valence-corrected chi connectivity index (χ3v) is 5.01. The van der Waals surface area contributed by atoms with Crippen LogP contribution in [0.25, 0.3) is 11.4 Å². The number of methoxy groups -OCH3 is 1. The SMILES string of the molecule is COc1ccc(-c2nc(SCC(=O)NC(C)c3ccc(Cl)cc3)n[nH]2)cc1. The normalized spacial score (nSPS) is 11.8. The number of rotatable bonds is 7. The second-order valence-electron chi connectivity index (χ2n) is 5.82. The number of hydrogen-bond acceptors (Lipinski definition) is 5. The lowest BCUT2D eigenvalue weighted by atomic mass is 10.1. The number of ether oxygens (including phenoxy) is 1. The first-order valence-electron chi connectivity index (χ1n) is 8.29. The highest BCUT2D eigenvalue weighted by molar-refractivity contribution is 7.99. The largest absolute Gasteiger partial charge is 0.497 e. The molecular formula is C19H19ClN4O2S. The number of thioether (sulfide) groups is 1. The van der Waals surface area contributed by atoms with E-state index in [1.807, 2.05) is 55.5 Å². The maximum Gasteiger partial charge on any atom is 0.230 e. The molecule has 0 saturated carbocycles. The molecule has 6 nitrogen and oxygen atoms in total. The monoisotopic (exact) mass is 402 g/mol. The van der Waals surface area contributed by atoms with Crippen LogP contribution < -0.4 is 10.1 Å².